The third-order valence-corrected chi connectivity index (χ3v) is 5.16. The van der Waals surface area contributed by atoms with Gasteiger partial charge in [0.1, 0.15) is 6.10 Å². The number of anilines is 1. The molecule has 0 radical (unpaired) electrons. The zero-order valence-corrected chi connectivity index (χ0v) is 16.9. The van der Waals surface area contributed by atoms with Crippen molar-refractivity contribution in [1.82, 2.24) is 20.3 Å². The van der Waals surface area contributed by atoms with E-state index in [1.165, 1.54) is 0 Å². The molecule has 30 heavy (non-hydrogen) atoms. The maximum Gasteiger partial charge on any atom is 0.253 e. The van der Waals surface area contributed by atoms with Crippen LogP contribution in [0.1, 0.15) is 41.8 Å². The number of carbonyl (C=O) groups is 1. The molecule has 2 aromatic heterocycles. The first-order valence-electron chi connectivity index (χ1n) is 10.2. The van der Waals surface area contributed by atoms with Gasteiger partial charge in [-0.1, -0.05) is 30.3 Å². The molecule has 0 bridgehead atoms. The molecule has 1 aliphatic heterocycles. The maximum atomic E-state index is 12.7. The minimum Gasteiger partial charge on any atom is -0.470 e. The molecular formula is C23H25N5O2. The van der Waals surface area contributed by atoms with Crippen molar-refractivity contribution in [2.24, 2.45) is 0 Å². The lowest BCUT2D eigenvalue weighted by Crippen LogP contribution is -2.48. The van der Waals surface area contributed by atoms with Crippen molar-refractivity contribution in [3.63, 3.8) is 0 Å². The van der Waals surface area contributed by atoms with Crippen molar-refractivity contribution in [2.45, 2.75) is 31.9 Å². The van der Waals surface area contributed by atoms with Crippen molar-refractivity contribution in [3.05, 3.63) is 78.2 Å². The zero-order chi connectivity index (χ0) is 20.8. The number of carbonyl (C=O) groups excluding carboxylic acids is 1. The highest BCUT2D eigenvalue weighted by atomic mass is 16.5. The molecule has 1 fully saturated rings. The largest absolute Gasteiger partial charge is 0.470 e. The zero-order valence-electron chi connectivity index (χ0n) is 16.9. The number of hydrogen-bond acceptors (Lipinski definition) is 6. The molecule has 4 rings (SSSR count). The van der Waals surface area contributed by atoms with Gasteiger partial charge in [-0.2, -0.15) is 0 Å². The second-order valence-corrected chi connectivity index (χ2v) is 7.36. The number of piperidine rings is 1. The summed E-state index contributed by atoms with van der Waals surface area (Å²) in [5.41, 5.74) is 1.59. The van der Waals surface area contributed by atoms with Gasteiger partial charge >= 0.3 is 0 Å². The number of amides is 1. The van der Waals surface area contributed by atoms with Gasteiger partial charge in [-0.05, 0) is 37.5 Å². The summed E-state index contributed by atoms with van der Waals surface area (Å²) in [5, 5.41) is 3.10. The van der Waals surface area contributed by atoms with E-state index in [1.807, 2.05) is 37.3 Å². The Morgan fingerprint density at radius 3 is 2.63 bits per heavy atom. The van der Waals surface area contributed by atoms with Gasteiger partial charge in [0.15, 0.2) is 0 Å². The molecular weight excluding hydrogens is 378 g/mol. The van der Waals surface area contributed by atoms with E-state index in [4.69, 9.17) is 4.74 Å². The van der Waals surface area contributed by atoms with E-state index < -0.39 is 0 Å². The Bertz CT molecular complexity index is 950. The average molecular weight is 403 g/mol. The van der Waals surface area contributed by atoms with Gasteiger partial charge in [0.25, 0.3) is 5.91 Å². The number of nitrogens with zero attached hydrogens (tertiary/aromatic N) is 4. The van der Waals surface area contributed by atoms with Gasteiger partial charge in [0.2, 0.25) is 11.8 Å². The number of nitrogens with one attached hydrogen (secondary N) is 1. The topological polar surface area (TPSA) is 80.2 Å². The van der Waals surface area contributed by atoms with Gasteiger partial charge in [-0.25, -0.2) is 15.0 Å². The van der Waals surface area contributed by atoms with E-state index in [9.17, 15) is 4.79 Å². The molecule has 154 valence electrons. The van der Waals surface area contributed by atoms with E-state index in [0.29, 0.717) is 23.9 Å². The summed E-state index contributed by atoms with van der Waals surface area (Å²) < 4.78 is 5.88. The van der Waals surface area contributed by atoms with Crippen LogP contribution in [0.2, 0.25) is 0 Å². The third-order valence-electron chi connectivity index (χ3n) is 5.16. The summed E-state index contributed by atoms with van der Waals surface area (Å²) in [6.07, 6.45) is 6.82. The highest BCUT2D eigenvalue weighted by molar-refractivity contribution is 5.94. The lowest BCUT2D eigenvalue weighted by Gasteiger charge is -2.33. The highest BCUT2D eigenvalue weighted by Gasteiger charge is 2.23. The molecule has 1 aromatic carbocycles. The third kappa shape index (κ3) is 4.92. The quantitative estimate of drug-likeness (QED) is 0.679. The molecule has 1 N–H and O–H groups in total. The van der Waals surface area contributed by atoms with Gasteiger partial charge in [-0.15, -0.1) is 0 Å². The fourth-order valence-electron chi connectivity index (χ4n) is 3.56. The van der Waals surface area contributed by atoms with Gasteiger partial charge in [-0.3, -0.25) is 4.79 Å². The van der Waals surface area contributed by atoms with Crippen LogP contribution in [0.25, 0.3) is 0 Å². The number of aromatic nitrogens is 3. The van der Waals surface area contributed by atoms with Crippen LogP contribution >= 0.6 is 0 Å². The Kier molecular flexibility index (Phi) is 6.17. The van der Waals surface area contributed by atoms with E-state index in [-0.39, 0.29) is 18.1 Å². The van der Waals surface area contributed by atoms with Crippen LogP contribution in [-0.2, 0) is 0 Å². The van der Waals surface area contributed by atoms with Gasteiger partial charge in [0, 0.05) is 43.8 Å². The number of hydrogen-bond donors (Lipinski definition) is 1. The Labute approximate surface area is 176 Å². The minimum absolute atomic E-state index is 0.0454. The predicted octanol–water partition coefficient (Wildman–Crippen LogP) is 3.41. The Hall–Kier alpha value is -3.48. The number of pyridine rings is 1. The smallest absolute Gasteiger partial charge is 0.253 e. The van der Waals surface area contributed by atoms with E-state index in [2.05, 4.69) is 25.2 Å². The van der Waals surface area contributed by atoms with Crippen LogP contribution in [0.15, 0.2) is 67.1 Å². The van der Waals surface area contributed by atoms with Crippen molar-refractivity contribution < 1.29 is 9.53 Å². The summed E-state index contributed by atoms with van der Waals surface area (Å²) in [6, 6.07) is 15.3. The standard InChI is InChI=1S/C23H25N5O2/c1-17(18-7-3-2-4-8-18)30-21-11-10-19(15-26-21)22(29)27-20-9-5-14-28(16-20)23-24-12-6-13-25-23/h2-4,6-8,10-13,15,17,20H,5,9,14,16H2,1H3,(H,27,29)/t17-,20+/m1/s1. The summed E-state index contributed by atoms with van der Waals surface area (Å²) in [7, 11) is 0. The van der Waals surface area contributed by atoms with E-state index in [1.54, 1.807) is 36.8 Å². The van der Waals surface area contributed by atoms with Crippen LogP contribution in [0.3, 0.4) is 0 Å². The first-order chi connectivity index (χ1) is 14.7. The van der Waals surface area contributed by atoms with Crippen LogP contribution in [0.5, 0.6) is 5.88 Å². The number of benzene rings is 1. The molecule has 3 aromatic rings. The molecule has 3 heterocycles. The monoisotopic (exact) mass is 403 g/mol. The van der Waals surface area contributed by atoms with Crippen LogP contribution in [-0.4, -0.2) is 40.0 Å². The molecule has 0 saturated carbocycles. The fourth-order valence-corrected chi connectivity index (χ4v) is 3.56. The fraction of sp³-hybridized carbons (Fsp3) is 0.304. The first kappa shape index (κ1) is 19.8. The first-order valence-corrected chi connectivity index (χ1v) is 10.2. The molecule has 0 aliphatic carbocycles. The molecule has 2 atom stereocenters. The van der Waals surface area contributed by atoms with Crippen molar-refractivity contribution >= 4 is 11.9 Å². The molecule has 0 spiro atoms. The summed E-state index contributed by atoms with van der Waals surface area (Å²) >= 11 is 0. The van der Waals surface area contributed by atoms with Crippen molar-refractivity contribution in [2.75, 3.05) is 18.0 Å². The van der Waals surface area contributed by atoms with Gasteiger partial charge < -0.3 is 15.0 Å². The summed E-state index contributed by atoms with van der Waals surface area (Å²) in [6.45, 7) is 3.56. The Morgan fingerprint density at radius 1 is 1.10 bits per heavy atom. The minimum atomic E-state index is -0.133. The second kappa shape index (κ2) is 9.35. The highest BCUT2D eigenvalue weighted by Crippen LogP contribution is 2.20. The summed E-state index contributed by atoms with van der Waals surface area (Å²) in [4.78, 5) is 27.7. The maximum absolute atomic E-state index is 12.7. The predicted molar refractivity (Wildman–Crippen MR) is 114 cm³/mol. The molecule has 1 aliphatic rings. The molecule has 7 nitrogen and oxygen atoms in total. The van der Waals surface area contributed by atoms with E-state index in [0.717, 1.165) is 24.9 Å². The van der Waals surface area contributed by atoms with Crippen LogP contribution < -0.4 is 15.0 Å². The molecule has 0 unspecified atom stereocenters. The lowest BCUT2D eigenvalue weighted by atomic mass is 10.1. The van der Waals surface area contributed by atoms with Crippen molar-refractivity contribution in [3.8, 4) is 5.88 Å². The molecule has 1 amide bonds. The molecule has 1 saturated heterocycles. The average Bonchev–Trinajstić information content (AvgIpc) is 2.81. The summed E-state index contributed by atoms with van der Waals surface area (Å²) in [5.74, 6) is 1.06. The van der Waals surface area contributed by atoms with E-state index >= 15 is 0 Å². The lowest BCUT2D eigenvalue weighted by molar-refractivity contribution is 0.0932. The normalized spacial score (nSPS) is 17.2. The Morgan fingerprint density at radius 2 is 1.90 bits per heavy atom. The van der Waals surface area contributed by atoms with Crippen molar-refractivity contribution in [1.29, 1.82) is 0 Å². The Balaban J connectivity index is 1.33. The van der Waals surface area contributed by atoms with Crippen LogP contribution in [0, 0.1) is 0 Å². The molecule has 7 heteroatoms. The number of rotatable bonds is 6. The van der Waals surface area contributed by atoms with Gasteiger partial charge in [0.05, 0.1) is 5.56 Å². The second-order valence-electron chi connectivity index (χ2n) is 7.36. The van der Waals surface area contributed by atoms with Crippen LogP contribution in [0.4, 0.5) is 5.95 Å². The number of ether oxygens (including phenoxy) is 1. The SMILES string of the molecule is C[C@@H](Oc1ccc(C(=O)N[C@H]2CCCN(c3ncccn3)C2)cn1)c1ccccc1.